The Labute approximate surface area is 217 Å². The second kappa shape index (κ2) is 9.56. The molecule has 0 atom stereocenters. The first-order valence-corrected chi connectivity index (χ1v) is 13.1. The number of fused-ring (bicyclic) bond motifs is 2. The molecule has 1 aliphatic carbocycles. The number of hydrogen-bond acceptors (Lipinski definition) is 6. The molecule has 1 saturated carbocycles. The summed E-state index contributed by atoms with van der Waals surface area (Å²) in [6, 6.07) is 18.8. The third kappa shape index (κ3) is 4.33. The first kappa shape index (κ1) is 23.6. The monoisotopic (exact) mass is 491 g/mol. The number of rotatable bonds is 5. The molecule has 188 valence electrons. The minimum atomic E-state index is 0.359. The molecule has 2 N–H and O–H groups in total. The summed E-state index contributed by atoms with van der Waals surface area (Å²) >= 11 is 0. The van der Waals surface area contributed by atoms with Crippen molar-refractivity contribution in [1.82, 2.24) is 29.5 Å². The van der Waals surface area contributed by atoms with Crippen LogP contribution in [-0.2, 0) is 0 Å². The first-order valence-electron chi connectivity index (χ1n) is 13.1. The summed E-state index contributed by atoms with van der Waals surface area (Å²) in [5, 5.41) is 5.72. The fourth-order valence-electron chi connectivity index (χ4n) is 5.91. The van der Waals surface area contributed by atoms with Gasteiger partial charge in [-0.25, -0.2) is 19.5 Å². The predicted molar refractivity (Wildman–Crippen MR) is 149 cm³/mol. The van der Waals surface area contributed by atoms with E-state index in [4.69, 9.17) is 15.7 Å². The van der Waals surface area contributed by atoms with Crippen LogP contribution in [0.1, 0.15) is 43.0 Å². The normalized spacial score (nSPS) is 18.2. The van der Waals surface area contributed by atoms with Crippen molar-refractivity contribution >= 4 is 22.2 Å². The van der Waals surface area contributed by atoms with E-state index in [1.807, 2.05) is 22.7 Å². The van der Waals surface area contributed by atoms with Crippen molar-refractivity contribution in [2.24, 2.45) is 5.92 Å². The van der Waals surface area contributed by atoms with Crippen molar-refractivity contribution in [2.75, 3.05) is 26.4 Å². The maximum atomic E-state index is 6.44. The van der Waals surface area contributed by atoms with Crippen molar-refractivity contribution < 1.29 is 0 Å². The van der Waals surface area contributed by atoms with Gasteiger partial charge in [0.05, 0.1) is 11.2 Å². The molecular weight excluding hydrogens is 458 g/mol. The average molecular weight is 492 g/mol. The van der Waals surface area contributed by atoms with E-state index in [9.17, 15) is 0 Å². The molecule has 2 aromatic carbocycles. The smallest absolute Gasteiger partial charge is 0.153 e. The number of anilines is 1. The largest absolute Gasteiger partial charge is 0.382 e. The number of pyridine rings is 1. The molecule has 1 fully saturated rings. The van der Waals surface area contributed by atoms with Crippen molar-refractivity contribution in [3.05, 3.63) is 72.3 Å². The van der Waals surface area contributed by atoms with Gasteiger partial charge in [-0.2, -0.15) is 5.10 Å². The van der Waals surface area contributed by atoms with Crippen LogP contribution < -0.4 is 5.73 Å². The van der Waals surface area contributed by atoms with Crippen LogP contribution in [0.2, 0.25) is 0 Å². The van der Waals surface area contributed by atoms with Crippen LogP contribution >= 0.6 is 0 Å². The Bertz CT molecular complexity index is 1560. The minimum Gasteiger partial charge on any atom is -0.382 e. The lowest BCUT2D eigenvalue weighted by Crippen LogP contribution is -2.25. The molecule has 7 nitrogen and oxygen atoms in total. The summed E-state index contributed by atoms with van der Waals surface area (Å²) in [5.41, 5.74) is 13.2. The zero-order valence-electron chi connectivity index (χ0n) is 21.7. The van der Waals surface area contributed by atoms with E-state index >= 15 is 0 Å². The maximum absolute atomic E-state index is 6.44. The minimum absolute atomic E-state index is 0.359. The van der Waals surface area contributed by atoms with Crippen molar-refractivity contribution in [2.45, 2.75) is 38.5 Å². The molecule has 5 aromatic rings. The molecule has 0 spiro atoms. The maximum Gasteiger partial charge on any atom is 0.153 e. The Kier molecular flexibility index (Phi) is 6.08. The second-order valence-corrected chi connectivity index (χ2v) is 10.6. The predicted octanol–water partition coefficient (Wildman–Crippen LogP) is 5.73. The van der Waals surface area contributed by atoms with E-state index in [-0.39, 0.29) is 0 Å². The molecule has 1 aliphatic rings. The molecule has 0 aliphatic heterocycles. The molecule has 0 amide bonds. The molecule has 7 heteroatoms. The van der Waals surface area contributed by atoms with Crippen LogP contribution in [0, 0.1) is 12.8 Å². The number of imidazole rings is 1. The summed E-state index contributed by atoms with van der Waals surface area (Å²) < 4.78 is 1.94. The summed E-state index contributed by atoms with van der Waals surface area (Å²) in [6.45, 7) is 3.26. The van der Waals surface area contributed by atoms with E-state index < -0.39 is 0 Å². The van der Waals surface area contributed by atoms with Gasteiger partial charge in [-0.1, -0.05) is 48.5 Å². The Morgan fingerprint density at radius 1 is 0.946 bits per heavy atom. The van der Waals surface area contributed by atoms with Gasteiger partial charge in [0.25, 0.3) is 0 Å². The van der Waals surface area contributed by atoms with Gasteiger partial charge >= 0.3 is 0 Å². The lowest BCUT2D eigenvalue weighted by molar-refractivity contribution is 0.246. The zero-order chi connectivity index (χ0) is 25.5. The summed E-state index contributed by atoms with van der Waals surface area (Å²) in [4.78, 5) is 16.9. The lowest BCUT2D eigenvalue weighted by Gasteiger charge is -2.29. The van der Waals surface area contributed by atoms with E-state index in [1.165, 1.54) is 19.2 Å². The SMILES string of the molecule is Cc1c(-c2nc(C3CCC(CN(C)C)CC3)n3ncnc(N)c23)ccc2ccc(-c3ccccc3)nc12. The van der Waals surface area contributed by atoms with Crippen LogP contribution in [-0.4, -0.2) is 50.1 Å². The van der Waals surface area contributed by atoms with E-state index in [2.05, 4.69) is 72.4 Å². The Morgan fingerprint density at radius 2 is 1.70 bits per heavy atom. The van der Waals surface area contributed by atoms with Gasteiger partial charge < -0.3 is 10.6 Å². The van der Waals surface area contributed by atoms with Crippen LogP contribution in [0.3, 0.4) is 0 Å². The molecule has 0 saturated heterocycles. The molecule has 3 heterocycles. The molecule has 0 radical (unpaired) electrons. The summed E-state index contributed by atoms with van der Waals surface area (Å²) in [6.07, 6.45) is 6.17. The van der Waals surface area contributed by atoms with Gasteiger partial charge in [0.15, 0.2) is 5.82 Å². The summed E-state index contributed by atoms with van der Waals surface area (Å²) in [7, 11) is 4.31. The Morgan fingerprint density at radius 3 is 2.46 bits per heavy atom. The van der Waals surface area contributed by atoms with E-state index in [0.29, 0.717) is 11.7 Å². The summed E-state index contributed by atoms with van der Waals surface area (Å²) in [5.74, 6) is 2.55. The van der Waals surface area contributed by atoms with Crippen molar-refractivity contribution in [3.8, 4) is 22.5 Å². The number of nitrogen functional groups attached to an aromatic ring is 1. The van der Waals surface area contributed by atoms with Gasteiger partial charge in [0.1, 0.15) is 23.4 Å². The van der Waals surface area contributed by atoms with Gasteiger partial charge in [0, 0.05) is 29.0 Å². The highest BCUT2D eigenvalue weighted by Gasteiger charge is 2.29. The Hall–Kier alpha value is -3.84. The van der Waals surface area contributed by atoms with Gasteiger partial charge in [-0.05, 0) is 64.3 Å². The zero-order valence-corrected chi connectivity index (χ0v) is 21.7. The number of benzene rings is 2. The highest BCUT2D eigenvalue weighted by molar-refractivity contribution is 5.94. The van der Waals surface area contributed by atoms with E-state index in [0.717, 1.165) is 75.6 Å². The quantitative estimate of drug-likeness (QED) is 0.338. The molecule has 37 heavy (non-hydrogen) atoms. The third-order valence-electron chi connectivity index (χ3n) is 7.76. The molecule has 0 bridgehead atoms. The lowest BCUT2D eigenvalue weighted by atomic mass is 9.81. The van der Waals surface area contributed by atoms with Crippen LogP contribution in [0.25, 0.3) is 38.9 Å². The molecule has 6 rings (SSSR count). The van der Waals surface area contributed by atoms with Gasteiger partial charge in [0.2, 0.25) is 0 Å². The van der Waals surface area contributed by atoms with E-state index in [1.54, 1.807) is 0 Å². The average Bonchev–Trinajstić information content (AvgIpc) is 3.30. The van der Waals surface area contributed by atoms with Crippen molar-refractivity contribution in [3.63, 3.8) is 0 Å². The first-order chi connectivity index (χ1) is 18.0. The Balaban J connectivity index is 1.44. The number of nitrogens with two attached hydrogens (primary N) is 1. The number of aromatic nitrogens is 5. The molecule has 0 unspecified atom stereocenters. The third-order valence-corrected chi connectivity index (χ3v) is 7.76. The number of hydrogen-bond donors (Lipinski definition) is 1. The van der Waals surface area contributed by atoms with Gasteiger partial charge in [-0.15, -0.1) is 0 Å². The molecule has 3 aromatic heterocycles. The standard InChI is InChI=1S/C30H33N7/c1-19-24(15-13-22-14-16-25(34-26(19)22)21-7-5-4-6-8-21)27-28-29(31)32-18-33-37(28)30(35-27)23-11-9-20(10-12-23)17-36(2)3/h4-8,13-16,18,20,23H,9-12,17H2,1-3H3,(H2,31,32,33). The van der Waals surface area contributed by atoms with Gasteiger partial charge in [-0.3, -0.25) is 0 Å². The fraction of sp³-hybridized carbons (Fsp3) is 0.333. The highest BCUT2D eigenvalue weighted by atomic mass is 15.3. The van der Waals surface area contributed by atoms with Crippen molar-refractivity contribution in [1.29, 1.82) is 0 Å². The number of aryl methyl sites for hydroxylation is 1. The number of nitrogens with zero attached hydrogens (tertiary/aromatic N) is 6. The van der Waals surface area contributed by atoms with Crippen LogP contribution in [0.5, 0.6) is 0 Å². The fourth-order valence-corrected chi connectivity index (χ4v) is 5.91. The topological polar surface area (TPSA) is 85.2 Å². The molecular formula is C30H33N7. The van der Waals surface area contributed by atoms with Crippen LogP contribution in [0.4, 0.5) is 5.82 Å². The van der Waals surface area contributed by atoms with Crippen LogP contribution in [0.15, 0.2) is 60.9 Å². The second-order valence-electron chi connectivity index (χ2n) is 10.6. The highest BCUT2D eigenvalue weighted by Crippen LogP contribution is 2.39.